The number of halogens is 2. The maximum atomic E-state index is 11.8. The van der Waals surface area contributed by atoms with Gasteiger partial charge in [0.1, 0.15) is 6.04 Å². The molecular weight excluding hydrogens is 315 g/mol. The molecule has 1 aromatic carbocycles. The molecule has 5 nitrogen and oxygen atoms in total. The van der Waals surface area contributed by atoms with Crippen LogP contribution < -0.4 is 10.6 Å². The van der Waals surface area contributed by atoms with Gasteiger partial charge in [0.15, 0.2) is 0 Å². The van der Waals surface area contributed by atoms with Gasteiger partial charge in [-0.3, -0.25) is 4.79 Å². The first-order valence-electron chi connectivity index (χ1n) is 6.53. The SMILES string of the molecule is CCCC(NC(=O)CNc1cc(Cl)cc(Cl)c1)C(=O)OC. The maximum absolute atomic E-state index is 11.8. The van der Waals surface area contributed by atoms with Crippen molar-refractivity contribution >= 4 is 40.8 Å². The van der Waals surface area contributed by atoms with E-state index < -0.39 is 12.0 Å². The second-order valence-electron chi connectivity index (χ2n) is 4.44. The minimum Gasteiger partial charge on any atom is -0.467 e. The fourth-order valence-corrected chi connectivity index (χ4v) is 2.29. The molecule has 0 radical (unpaired) electrons. The first-order chi connectivity index (χ1) is 9.96. The van der Waals surface area contributed by atoms with Gasteiger partial charge in [0.25, 0.3) is 0 Å². The number of methoxy groups -OCH3 is 1. The largest absolute Gasteiger partial charge is 0.467 e. The summed E-state index contributed by atoms with van der Waals surface area (Å²) >= 11 is 11.7. The third-order valence-corrected chi connectivity index (χ3v) is 3.15. The van der Waals surface area contributed by atoms with Crippen molar-refractivity contribution in [2.75, 3.05) is 19.0 Å². The minimum absolute atomic E-state index is 0.00782. The highest BCUT2D eigenvalue weighted by Gasteiger charge is 2.20. The zero-order valence-electron chi connectivity index (χ0n) is 11.9. The van der Waals surface area contributed by atoms with Crippen molar-refractivity contribution in [1.29, 1.82) is 0 Å². The first kappa shape index (κ1) is 17.6. The van der Waals surface area contributed by atoms with Crippen molar-refractivity contribution in [2.45, 2.75) is 25.8 Å². The smallest absolute Gasteiger partial charge is 0.328 e. The Bertz CT molecular complexity index is 489. The van der Waals surface area contributed by atoms with Crippen molar-refractivity contribution in [3.8, 4) is 0 Å². The van der Waals surface area contributed by atoms with E-state index in [4.69, 9.17) is 23.2 Å². The van der Waals surface area contributed by atoms with E-state index in [9.17, 15) is 9.59 Å². The lowest BCUT2D eigenvalue weighted by Gasteiger charge is -2.16. The first-order valence-corrected chi connectivity index (χ1v) is 7.29. The average molecular weight is 333 g/mol. The van der Waals surface area contributed by atoms with E-state index in [1.807, 2.05) is 6.92 Å². The zero-order chi connectivity index (χ0) is 15.8. The third kappa shape index (κ3) is 6.23. The Kier molecular flexibility index (Phi) is 7.32. The summed E-state index contributed by atoms with van der Waals surface area (Å²) in [5.74, 6) is -0.758. The van der Waals surface area contributed by atoms with E-state index in [2.05, 4.69) is 15.4 Å². The van der Waals surface area contributed by atoms with Gasteiger partial charge in [0.05, 0.1) is 13.7 Å². The highest BCUT2D eigenvalue weighted by Crippen LogP contribution is 2.22. The standard InChI is InChI=1S/C14H18Cl2N2O3/c1-3-4-12(14(20)21-2)18-13(19)8-17-11-6-9(15)5-10(16)7-11/h5-7,12,17H,3-4,8H2,1-2H3,(H,18,19). The molecule has 0 aliphatic heterocycles. The van der Waals surface area contributed by atoms with Crippen LogP contribution in [0.25, 0.3) is 0 Å². The monoisotopic (exact) mass is 332 g/mol. The zero-order valence-corrected chi connectivity index (χ0v) is 13.4. The lowest BCUT2D eigenvalue weighted by atomic mass is 10.1. The number of rotatable bonds is 7. The van der Waals surface area contributed by atoms with Gasteiger partial charge < -0.3 is 15.4 Å². The molecule has 116 valence electrons. The third-order valence-electron chi connectivity index (χ3n) is 2.71. The van der Waals surface area contributed by atoms with Crippen LogP contribution in [0.15, 0.2) is 18.2 Å². The molecule has 0 spiro atoms. The normalized spacial score (nSPS) is 11.6. The highest BCUT2D eigenvalue weighted by molar-refractivity contribution is 6.35. The van der Waals surface area contributed by atoms with E-state index in [-0.39, 0.29) is 12.5 Å². The van der Waals surface area contributed by atoms with Gasteiger partial charge in [-0.05, 0) is 24.6 Å². The molecular formula is C14H18Cl2N2O3. The Morgan fingerprint density at radius 1 is 1.24 bits per heavy atom. The summed E-state index contributed by atoms with van der Waals surface area (Å²) in [6, 6.07) is 4.29. The minimum atomic E-state index is -0.628. The predicted octanol–water partition coefficient (Wildman–Crippen LogP) is 2.86. The average Bonchev–Trinajstić information content (AvgIpc) is 2.43. The topological polar surface area (TPSA) is 67.4 Å². The van der Waals surface area contributed by atoms with Crippen LogP contribution in [0.2, 0.25) is 10.0 Å². The molecule has 0 aromatic heterocycles. The number of esters is 1. The van der Waals surface area contributed by atoms with Crippen molar-refractivity contribution in [3.63, 3.8) is 0 Å². The Morgan fingerprint density at radius 3 is 2.38 bits per heavy atom. The second-order valence-corrected chi connectivity index (χ2v) is 5.32. The van der Waals surface area contributed by atoms with E-state index in [1.54, 1.807) is 18.2 Å². The Hall–Kier alpha value is -1.46. The van der Waals surface area contributed by atoms with E-state index in [0.717, 1.165) is 6.42 Å². The van der Waals surface area contributed by atoms with Crippen molar-refractivity contribution in [2.24, 2.45) is 0 Å². The number of ether oxygens (including phenoxy) is 1. The summed E-state index contributed by atoms with van der Waals surface area (Å²) in [7, 11) is 1.30. The van der Waals surface area contributed by atoms with Gasteiger partial charge in [-0.15, -0.1) is 0 Å². The Morgan fingerprint density at radius 2 is 1.86 bits per heavy atom. The van der Waals surface area contributed by atoms with Gasteiger partial charge in [-0.25, -0.2) is 4.79 Å². The molecule has 1 atom stereocenters. The predicted molar refractivity (Wildman–Crippen MR) is 83.8 cm³/mol. The molecule has 0 aliphatic rings. The molecule has 0 fully saturated rings. The maximum Gasteiger partial charge on any atom is 0.328 e. The van der Waals surface area contributed by atoms with Gasteiger partial charge >= 0.3 is 5.97 Å². The molecule has 7 heteroatoms. The number of nitrogens with one attached hydrogen (secondary N) is 2. The molecule has 1 unspecified atom stereocenters. The van der Waals surface area contributed by atoms with E-state index >= 15 is 0 Å². The molecule has 0 saturated carbocycles. The van der Waals surface area contributed by atoms with E-state index in [1.165, 1.54) is 7.11 Å². The van der Waals surface area contributed by atoms with Gasteiger partial charge in [-0.2, -0.15) is 0 Å². The molecule has 1 aromatic rings. The number of carbonyl (C=O) groups is 2. The molecule has 21 heavy (non-hydrogen) atoms. The van der Waals surface area contributed by atoms with Gasteiger partial charge in [-0.1, -0.05) is 36.5 Å². The molecule has 0 aliphatic carbocycles. The number of hydrogen-bond donors (Lipinski definition) is 2. The van der Waals surface area contributed by atoms with Crippen LogP contribution in [0.3, 0.4) is 0 Å². The fraction of sp³-hybridized carbons (Fsp3) is 0.429. The molecule has 0 heterocycles. The summed E-state index contributed by atoms with van der Waals surface area (Å²) in [4.78, 5) is 23.4. The Balaban J connectivity index is 2.54. The molecule has 0 saturated heterocycles. The number of hydrogen-bond acceptors (Lipinski definition) is 4. The second kappa shape index (κ2) is 8.74. The summed E-state index contributed by atoms with van der Waals surface area (Å²) in [6.45, 7) is 1.93. The van der Waals surface area contributed by atoms with Crippen LogP contribution in [-0.2, 0) is 14.3 Å². The summed E-state index contributed by atoms with van der Waals surface area (Å²) in [6.07, 6.45) is 1.29. The van der Waals surface area contributed by atoms with E-state index in [0.29, 0.717) is 22.2 Å². The van der Waals surface area contributed by atoms with Crippen molar-refractivity contribution in [1.82, 2.24) is 5.32 Å². The highest BCUT2D eigenvalue weighted by atomic mass is 35.5. The molecule has 1 rings (SSSR count). The van der Waals surface area contributed by atoms with Crippen LogP contribution >= 0.6 is 23.2 Å². The summed E-state index contributed by atoms with van der Waals surface area (Å²) in [5, 5.41) is 6.48. The molecule has 0 bridgehead atoms. The summed E-state index contributed by atoms with van der Waals surface area (Å²) < 4.78 is 4.65. The van der Waals surface area contributed by atoms with Crippen molar-refractivity contribution in [3.05, 3.63) is 28.2 Å². The quantitative estimate of drug-likeness (QED) is 0.753. The van der Waals surface area contributed by atoms with Crippen LogP contribution in [0, 0.1) is 0 Å². The summed E-state index contributed by atoms with van der Waals surface area (Å²) in [5.41, 5.74) is 0.632. The number of anilines is 1. The number of carbonyl (C=O) groups excluding carboxylic acids is 2. The van der Waals surface area contributed by atoms with Crippen LogP contribution in [0.5, 0.6) is 0 Å². The lowest BCUT2D eigenvalue weighted by molar-refractivity contribution is -0.145. The van der Waals surface area contributed by atoms with Crippen molar-refractivity contribution < 1.29 is 14.3 Å². The van der Waals surface area contributed by atoms with Crippen LogP contribution in [0.1, 0.15) is 19.8 Å². The Labute approximate surface area is 133 Å². The molecule has 1 amide bonds. The molecule has 2 N–H and O–H groups in total. The fourth-order valence-electron chi connectivity index (χ4n) is 1.76. The number of amides is 1. The van der Waals surface area contributed by atoms with Gasteiger partial charge in [0, 0.05) is 15.7 Å². The lowest BCUT2D eigenvalue weighted by Crippen LogP contribution is -2.43. The van der Waals surface area contributed by atoms with Crippen LogP contribution in [0.4, 0.5) is 5.69 Å². The van der Waals surface area contributed by atoms with Gasteiger partial charge in [0.2, 0.25) is 5.91 Å². The van der Waals surface area contributed by atoms with Crippen LogP contribution in [-0.4, -0.2) is 31.6 Å². The number of benzene rings is 1.